The van der Waals surface area contributed by atoms with E-state index in [0.717, 1.165) is 24.6 Å². The predicted octanol–water partition coefficient (Wildman–Crippen LogP) is 3.88. The zero-order valence-electron chi connectivity index (χ0n) is 16.9. The van der Waals surface area contributed by atoms with Crippen LogP contribution in [0.25, 0.3) is 0 Å². The maximum Gasteiger partial charge on any atom is 0.191 e. The van der Waals surface area contributed by atoms with Crippen LogP contribution in [0.1, 0.15) is 58.1 Å². The number of nitrogens with one attached hydrogen (secondary N) is 2. The number of rotatable bonds is 10. The van der Waals surface area contributed by atoms with E-state index in [-0.39, 0.29) is 30.1 Å². The van der Waals surface area contributed by atoms with E-state index in [1.165, 1.54) is 25.7 Å². The lowest BCUT2D eigenvalue weighted by molar-refractivity contribution is -0.000609. The lowest BCUT2D eigenvalue weighted by atomic mass is 9.67. The average molecular weight is 489 g/mol. The van der Waals surface area contributed by atoms with E-state index >= 15 is 0 Å². The average Bonchev–Trinajstić information content (AvgIpc) is 2.64. The highest BCUT2D eigenvalue weighted by molar-refractivity contribution is 14.0. The van der Waals surface area contributed by atoms with Crippen LogP contribution >= 0.6 is 24.0 Å². The molecule has 0 amide bonds. The van der Waals surface area contributed by atoms with Gasteiger partial charge in [0.15, 0.2) is 5.96 Å². The molecule has 1 aliphatic rings. The highest BCUT2D eigenvalue weighted by Gasteiger charge is 2.34. The fourth-order valence-corrected chi connectivity index (χ4v) is 3.24. The van der Waals surface area contributed by atoms with Crippen molar-refractivity contribution in [3.05, 3.63) is 35.9 Å². The third-order valence-corrected chi connectivity index (χ3v) is 5.39. The first-order valence-electron chi connectivity index (χ1n) is 9.95. The molecule has 1 aromatic carbocycles. The van der Waals surface area contributed by atoms with Gasteiger partial charge in [-0.05, 0) is 44.1 Å². The van der Waals surface area contributed by atoms with Crippen molar-refractivity contribution in [3.8, 4) is 0 Å². The second-order valence-corrected chi connectivity index (χ2v) is 7.32. The van der Waals surface area contributed by atoms with E-state index in [2.05, 4.69) is 24.5 Å². The number of aliphatic imine (C=N–C) groups is 1. The van der Waals surface area contributed by atoms with Gasteiger partial charge in [0.2, 0.25) is 0 Å². The van der Waals surface area contributed by atoms with Crippen LogP contribution in [0, 0.1) is 5.41 Å². The fourth-order valence-electron chi connectivity index (χ4n) is 3.24. The number of guanidine groups is 1. The Kier molecular flexibility index (Phi) is 11.3. The molecule has 6 heteroatoms. The lowest BCUT2D eigenvalue weighted by Gasteiger charge is -2.40. The molecule has 2 rings (SSSR count). The molecule has 1 fully saturated rings. The monoisotopic (exact) mass is 489 g/mol. The number of hydrogen-bond acceptors (Lipinski definition) is 3. The molecule has 0 radical (unpaired) electrons. The second kappa shape index (κ2) is 12.6. The maximum atomic E-state index is 10.2. The number of ether oxygens (including phenoxy) is 1. The Labute approximate surface area is 181 Å². The first-order chi connectivity index (χ1) is 12.6. The van der Waals surface area contributed by atoms with Crippen LogP contribution in [0.2, 0.25) is 0 Å². The number of halogens is 1. The molecule has 154 valence electrons. The van der Waals surface area contributed by atoms with Gasteiger partial charge in [-0.25, -0.2) is 0 Å². The molecule has 0 saturated heterocycles. The van der Waals surface area contributed by atoms with Crippen LogP contribution in [0.15, 0.2) is 35.3 Å². The van der Waals surface area contributed by atoms with E-state index in [0.29, 0.717) is 18.6 Å². The quantitative estimate of drug-likeness (QED) is 0.265. The smallest absolute Gasteiger partial charge is 0.191 e. The Bertz CT molecular complexity index is 544. The molecule has 1 aromatic rings. The first kappa shape index (κ1) is 24.2. The molecule has 0 aromatic heterocycles. The summed E-state index contributed by atoms with van der Waals surface area (Å²) in [6.45, 7) is 8.69. The van der Waals surface area contributed by atoms with Gasteiger partial charge in [-0.2, -0.15) is 0 Å². The second-order valence-electron chi connectivity index (χ2n) is 7.32. The van der Waals surface area contributed by atoms with Gasteiger partial charge in [0.1, 0.15) is 0 Å². The Morgan fingerprint density at radius 1 is 1.22 bits per heavy atom. The Balaban J connectivity index is 0.00000364. The third-order valence-electron chi connectivity index (χ3n) is 5.39. The summed E-state index contributed by atoms with van der Waals surface area (Å²) in [5, 5.41) is 16.7. The minimum Gasteiger partial charge on any atom is -0.389 e. The summed E-state index contributed by atoms with van der Waals surface area (Å²) in [5.41, 5.74) is 1.52. The van der Waals surface area contributed by atoms with Crippen LogP contribution in [0.5, 0.6) is 0 Å². The van der Waals surface area contributed by atoms with Crippen molar-refractivity contribution >= 4 is 29.9 Å². The standard InChI is InChI=1S/C21H35N3O2.HI/c1-4-21(12-9-13-21)16-24-20(22-5-2)23-14-19(25)15-26-17(3)18-10-7-6-8-11-18;/h6-8,10-11,17,19,25H,4-5,9,12-16H2,1-3H3,(H2,22,23,24);1H. The molecule has 0 spiro atoms. The zero-order valence-corrected chi connectivity index (χ0v) is 19.2. The van der Waals surface area contributed by atoms with E-state index < -0.39 is 6.10 Å². The molecule has 0 aliphatic heterocycles. The van der Waals surface area contributed by atoms with Crippen LogP contribution in [0.4, 0.5) is 0 Å². The number of benzene rings is 1. The molecular formula is C21H36IN3O2. The molecular weight excluding hydrogens is 453 g/mol. The summed E-state index contributed by atoms with van der Waals surface area (Å²) in [5.74, 6) is 0.780. The van der Waals surface area contributed by atoms with Gasteiger partial charge in [0.05, 0.1) is 18.8 Å². The minimum absolute atomic E-state index is 0. The van der Waals surface area contributed by atoms with Crippen molar-refractivity contribution in [2.75, 3.05) is 26.2 Å². The van der Waals surface area contributed by atoms with E-state index in [4.69, 9.17) is 9.73 Å². The normalized spacial score (nSPS) is 18.0. The van der Waals surface area contributed by atoms with Gasteiger partial charge in [0, 0.05) is 19.6 Å². The van der Waals surface area contributed by atoms with Crippen molar-refractivity contribution in [3.63, 3.8) is 0 Å². The van der Waals surface area contributed by atoms with Crippen LogP contribution in [0.3, 0.4) is 0 Å². The molecule has 3 N–H and O–H groups in total. The molecule has 2 unspecified atom stereocenters. The molecule has 1 saturated carbocycles. The molecule has 5 nitrogen and oxygen atoms in total. The number of hydrogen-bond donors (Lipinski definition) is 3. The minimum atomic E-state index is -0.575. The van der Waals surface area contributed by atoms with Crippen LogP contribution in [-0.4, -0.2) is 43.4 Å². The Morgan fingerprint density at radius 2 is 1.93 bits per heavy atom. The van der Waals surface area contributed by atoms with Crippen molar-refractivity contribution in [1.29, 1.82) is 0 Å². The zero-order chi connectivity index (χ0) is 18.8. The highest BCUT2D eigenvalue weighted by Crippen LogP contribution is 2.43. The summed E-state index contributed by atoms with van der Waals surface area (Å²) in [7, 11) is 0. The maximum absolute atomic E-state index is 10.2. The van der Waals surface area contributed by atoms with Crippen LogP contribution in [-0.2, 0) is 4.74 Å². The number of aliphatic hydroxyl groups excluding tert-OH is 1. The van der Waals surface area contributed by atoms with Gasteiger partial charge >= 0.3 is 0 Å². The molecule has 0 heterocycles. The highest BCUT2D eigenvalue weighted by atomic mass is 127. The number of nitrogens with zero attached hydrogens (tertiary/aromatic N) is 1. The van der Waals surface area contributed by atoms with E-state index in [9.17, 15) is 5.11 Å². The van der Waals surface area contributed by atoms with Crippen molar-refractivity contribution in [1.82, 2.24) is 10.6 Å². The third kappa shape index (κ3) is 7.95. The largest absolute Gasteiger partial charge is 0.389 e. The summed E-state index contributed by atoms with van der Waals surface area (Å²) < 4.78 is 5.79. The SMILES string of the molecule is CCNC(=NCC1(CC)CCC1)NCC(O)COC(C)c1ccccc1.I. The molecule has 0 bridgehead atoms. The van der Waals surface area contributed by atoms with Gasteiger partial charge in [0.25, 0.3) is 0 Å². The van der Waals surface area contributed by atoms with Gasteiger partial charge in [-0.1, -0.05) is 43.7 Å². The topological polar surface area (TPSA) is 65.9 Å². The molecule has 1 aliphatic carbocycles. The first-order valence-corrected chi connectivity index (χ1v) is 9.95. The van der Waals surface area contributed by atoms with Crippen molar-refractivity contribution in [2.24, 2.45) is 10.4 Å². The Morgan fingerprint density at radius 3 is 2.48 bits per heavy atom. The molecule has 27 heavy (non-hydrogen) atoms. The van der Waals surface area contributed by atoms with Crippen LogP contribution < -0.4 is 10.6 Å². The van der Waals surface area contributed by atoms with Gasteiger partial charge in [-0.3, -0.25) is 4.99 Å². The summed E-state index contributed by atoms with van der Waals surface area (Å²) in [6, 6.07) is 10.1. The number of aliphatic hydroxyl groups is 1. The predicted molar refractivity (Wildman–Crippen MR) is 123 cm³/mol. The fraction of sp³-hybridized carbons (Fsp3) is 0.667. The van der Waals surface area contributed by atoms with Gasteiger partial charge in [-0.15, -0.1) is 24.0 Å². The molecule has 2 atom stereocenters. The van der Waals surface area contributed by atoms with Gasteiger partial charge < -0.3 is 20.5 Å². The van der Waals surface area contributed by atoms with E-state index in [1.807, 2.05) is 37.3 Å². The van der Waals surface area contributed by atoms with Crippen molar-refractivity contribution < 1.29 is 9.84 Å². The summed E-state index contributed by atoms with van der Waals surface area (Å²) in [4.78, 5) is 4.74. The summed E-state index contributed by atoms with van der Waals surface area (Å²) >= 11 is 0. The lowest BCUT2D eigenvalue weighted by Crippen LogP contribution is -2.43. The summed E-state index contributed by atoms with van der Waals surface area (Å²) in [6.07, 6.45) is 4.46. The van der Waals surface area contributed by atoms with Crippen molar-refractivity contribution in [2.45, 2.75) is 58.7 Å². The van der Waals surface area contributed by atoms with E-state index in [1.54, 1.807) is 0 Å². The Hall–Kier alpha value is -0.860.